The molecular formula is C15H11ClN6. The summed E-state index contributed by atoms with van der Waals surface area (Å²) in [6.45, 7) is 0. The summed E-state index contributed by atoms with van der Waals surface area (Å²) < 4.78 is 1.68. The molecule has 0 spiro atoms. The molecule has 0 amide bonds. The number of benzene rings is 2. The molecule has 0 saturated heterocycles. The molecule has 0 unspecified atom stereocenters. The maximum Gasteiger partial charge on any atom is 0.186 e. The lowest BCUT2D eigenvalue weighted by Crippen LogP contribution is -2.11. The molecule has 0 aliphatic carbocycles. The van der Waals surface area contributed by atoms with Crippen LogP contribution in [0.3, 0.4) is 0 Å². The third-order valence-corrected chi connectivity index (χ3v) is 3.75. The monoisotopic (exact) mass is 310 g/mol. The zero-order valence-corrected chi connectivity index (χ0v) is 12.1. The second-order valence-corrected chi connectivity index (χ2v) is 5.24. The smallest absolute Gasteiger partial charge is 0.186 e. The summed E-state index contributed by atoms with van der Waals surface area (Å²) in [5.41, 5.74) is 4.19. The number of fused-ring (bicyclic) bond motifs is 3. The molecule has 0 aliphatic rings. The van der Waals surface area contributed by atoms with Crippen molar-refractivity contribution in [3.63, 3.8) is 0 Å². The Morgan fingerprint density at radius 3 is 2.41 bits per heavy atom. The highest BCUT2D eigenvalue weighted by Gasteiger charge is 2.14. The average Bonchev–Trinajstić information content (AvgIpc) is 2.99. The molecule has 0 fully saturated rings. The van der Waals surface area contributed by atoms with Gasteiger partial charge < -0.3 is 5.43 Å². The van der Waals surface area contributed by atoms with Gasteiger partial charge in [0, 0.05) is 21.4 Å². The zero-order valence-electron chi connectivity index (χ0n) is 11.4. The average molecular weight is 311 g/mol. The summed E-state index contributed by atoms with van der Waals surface area (Å²) in [5.74, 6) is 6.80. The normalized spacial score (nSPS) is 11.2. The van der Waals surface area contributed by atoms with Crippen LogP contribution in [-0.4, -0.2) is 19.8 Å². The first-order chi connectivity index (χ1) is 10.8. The Labute approximate surface area is 130 Å². The minimum absolute atomic E-state index is 0.568. The van der Waals surface area contributed by atoms with Crippen molar-refractivity contribution in [3.05, 3.63) is 53.6 Å². The highest BCUT2D eigenvalue weighted by Crippen LogP contribution is 2.27. The molecule has 22 heavy (non-hydrogen) atoms. The van der Waals surface area contributed by atoms with Gasteiger partial charge >= 0.3 is 0 Å². The molecule has 2 heterocycles. The van der Waals surface area contributed by atoms with Gasteiger partial charge in [-0.1, -0.05) is 35.9 Å². The van der Waals surface area contributed by atoms with Crippen molar-refractivity contribution in [2.24, 2.45) is 5.84 Å². The SMILES string of the molecule is NNc1nn2c(-c3ccc(Cl)cc3)nnc2c2ccccc12. The van der Waals surface area contributed by atoms with Gasteiger partial charge in [-0.25, -0.2) is 5.84 Å². The fraction of sp³-hybridized carbons (Fsp3) is 0. The molecule has 0 aliphatic heterocycles. The fourth-order valence-corrected chi connectivity index (χ4v) is 2.59. The first-order valence-electron chi connectivity index (χ1n) is 6.64. The van der Waals surface area contributed by atoms with Crippen molar-refractivity contribution >= 4 is 33.8 Å². The lowest BCUT2D eigenvalue weighted by Gasteiger charge is -2.07. The molecule has 0 radical (unpaired) electrons. The van der Waals surface area contributed by atoms with E-state index in [9.17, 15) is 0 Å². The van der Waals surface area contributed by atoms with Crippen LogP contribution in [0.25, 0.3) is 27.8 Å². The molecular weight excluding hydrogens is 300 g/mol. The maximum absolute atomic E-state index is 5.93. The zero-order chi connectivity index (χ0) is 15.1. The predicted octanol–water partition coefficient (Wildman–Crippen LogP) is 2.88. The number of nitrogens with zero attached hydrogens (tertiary/aromatic N) is 4. The van der Waals surface area contributed by atoms with Crippen molar-refractivity contribution in [2.75, 3.05) is 5.43 Å². The van der Waals surface area contributed by atoms with Crippen LogP contribution >= 0.6 is 11.6 Å². The van der Waals surface area contributed by atoms with E-state index in [1.165, 1.54) is 0 Å². The number of rotatable bonds is 2. The van der Waals surface area contributed by atoms with Crippen LogP contribution in [0.4, 0.5) is 5.82 Å². The van der Waals surface area contributed by atoms with E-state index in [1.807, 2.05) is 36.4 Å². The molecule has 3 N–H and O–H groups in total. The van der Waals surface area contributed by atoms with Gasteiger partial charge in [0.15, 0.2) is 17.3 Å². The topological polar surface area (TPSA) is 81.1 Å². The Morgan fingerprint density at radius 2 is 1.68 bits per heavy atom. The molecule has 4 rings (SSSR count). The number of nitrogens with two attached hydrogens (primary N) is 1. The number of nitrogens with one attached hydrogen (secondary N) is 1. The first-order valence-corrected chi connectivity index (χ1v) is 7.02. The van der Waals surface area contributed by atoms with E-state index in [4.69, 9.17) is 17.4 Å². The van der Waals surface area contributed by atoms with Gasteiger partial charge in [0.1, 0.15) is 0 Å². The van der Waals surface area contributed by atoms with E-state index in [1.54, 1.807) is 16.6 Å². The molecule has 6 nitrogen and oxygen atoms in total. The van der Waals surface area contributed by atoms with Crippen molar-refractivity contribution in [2.45, 2.75) is 0 Å². The van der Waals surface area contributed by atoms with Crippen molar-refractivity contribution in [1.29, 1.82) is 0 Å². The van der Waals surface area contributed by atoms with Gasteiger partial charge in [0.2, 0.25) is 0 Å². The molecule has 0 bridgehead atoms. The number of hydrogen-bond acceptors (Lipinski definition) is 5. The van der Waals surface area contributed by atoms with Gasteiger partial charge in [-0.05, 0) is 24.3 Å². The van der Waals surface area contributed by atoms with Gasteiger partial charge in [-0.3, -0.25) is 0 Å². The van der Waals surface area contributed by atoms with Crippen LogP contribution in [0.15, 0.2) is 48.5 Å². The molecule has 2 aromatic carbocycles. The van der Waals surface area contributed by atoms with Crippen LogP contribution in [0, 0.1) is 0 Å². The van der Waals surface area contributed by atoms with Crippen LogP contribution in [0.2, 0.25) is 5.02 Å². The third kappa shape index (κ3) is 1.89. The molecule has 0 atom stereocenters. The summed E-state index contributed by atoms with van der Waals surface area (Å²) >= 11 is 5.93. The number of hydrogen-bond donors (Lipinski definition) is 2. The number of nitrogen functional groups attached to an aromatic ring is 1. The quantitative estimate of drug-likeness (QED) is 0.439. The van der Waals surface area contributed by atoms with Crippen molar-refractivity contribution < 1.29 is 0 Å². The molecule has 0 saturated carbocycles. The first kappa shape index (κ1) is 13.0. The summed E-state index contributed by atoms with van der Waals surface area (Å²) in [4.78, 5) is 0. The number of hydrazine groups is 1. The van der Waals surface area contributed by atoms with Gasteiger partial charge in [0.25, 0.3) is 0 Å². The Balaban J connectivity index is 2.06. The second-order valence-electron chi connectivity index (χ2n) is 4.80. The van der Waals surface area contributed by atoms with Crippen LogP contribution in [0.5, 0.6) is 0 Å². The van der Waals surface area contributed by atoms with Crippen LogP contribution in [0.1, 0.15) is 0 Å². The van der Waals surface area contributed by atoms with Crippen LogP contribution < -0.4 is 11.3 Å². The van der Waals surface area contributed by atoms with E-state index in [0.29, 0.717) is 22.3 Å². The highest BCUT2D eigenvalue weighted by molar-refractivity contribution is 6.30. The predicted molar refractivity (Wildman–Crippen MR) is 86.5 cm³/mol. The van der Waals surface area contributed by atoms with E-state index in [0.717, 1.165) is 16.3 Å². The Kier molecular flexibility index (Phi) is 2.92. The minimum atomic E-state index is 0.568. The molecule has 2 aromatic heterocycles. The van der Waals surface area contributed by atoms with E-state index in [2.05, 4.69) is 20.7 Å². The Hall–Kier alpha value is -2.70. The minimum Gasteiger partial charge on any atom is -0.307 e. The van der Waals surface area contributed by atoms with Gasteiger partial charge in [-0.15, -0.1) is 15.3 Å². The lowest BCUT2D eigenvalue weighted by molar-refractivity contribution is 0.943. The largest absolute Gasteiger partial charge is 0.307 e. The van der Waals surface area contributed by atoms with E-state index in [-0.39, 0.29) is 0 Å². The molecule has 4 aromatic rings. The fourth-order valence-electron chi connectivity index (χ4n) is 2.47. The summed E-state index contributed by atoms with van der Waals surface area (Å²) in [6.07, 6.45) is 0. The Morgan fingerprint density at radius 1 is 0.955 bits per heavy atom. The standard InChI is InChI=1S/C15H11ClN6/c16-10-7-5-9(6-8-10)14-19-20-15-12-4-2-1-3-11(12)13(18-17)21-22(14)15/h1-8H,17H2,(H,18,21). The van der Waals surface area contributed by atoms with E-state index < -0.39 is 0 Å². The molecule has 7 heteroatoms. The second kappa shape index (κ2) is 4.94. The number of aromatic nitrogens is 4. The molecule has 108 valence electrons. The third-order valence-electron chi connectivity index (χ3n) is 3.50. The van der Waals surface area contributed by atoms with Crippen LogP contribution in [-0.2, 0) is 0 Å². The summed E-state index contributed by atoms with van der Waals surface area (Å²) in [6, 6.07) is 15.2. The van der Waals surface area contributed by atoms with Gasteiger partial charge in [-0.2, -0.15) is 4.52 Å². The maximum atomic E-state index is 5.93. The lowest BCUT2D eigenvalue weighted by atomic mass is 10.2. The highest BCUT2D eigenvalue weighted by atomic mass is 35.5. The van der Waals surface area contributed by atoms with Crippen molar-refractivity contribution in [3.8, 4) is 11.4 Å². The number of anilines is 1. The summed E-state index contributed by atoms with van der Waals surface area (Å²) in [5, 5.41) is 15.5. The summed E-state index contributed by atoms with van der Waals surface area (Å²) in [7, 11) is 0. The van der Waals surface area contributed by atoms with Crippen molar-refractivity contribution in [1.82, 2.24) is 19.8 Å². The number of halogens is 1. The Bertz CT molecular complexity index is 977. The van der Waals surface area contributed by atoms with Gasteiger partial charge in [0.05, 0.1) is 0 Å². The van der Waals surface area contributed by atoms with E-state index >= 15 is 0 Å².